The van der Waals surface area contributed by atoms with Crippen LogP contribution >= 0.6 is 0 Å². The molecule has 0 amide bonds. The SMILES string of the molecule is CC1(C)Cc2cc(-c3cccnc3)ccc2C(=CC(=O)c2ccccc2)N1. The van der Waals surface area contributed by atoms with Crippen molar-refractivity contribution in [2.75, 3.05) is 0 Å². The number of fused-ring (bicyclic) bond motifs is 1. The van der Waals surface area contributed by atoms with Crippen LogP contribution in [0.2, 0.25) is 0 Å². The number of carbonyl (C=O) groups is 1. The highest BCUT2D eigenvalue weighted by atomic mass is 16.1. The van der Waals surface area contributed by atoms with Gasteiger partial charge in [0.15, 0.2) is 5.78 Å². The molecule has 3 heteroatoms. The van der Waals surface area contributed by atoms with Crippen molar-refractivity contribution >= 4 is 11.5 Å². The number of hydrogen-bond acceptors (Lipinski definition) is 3. The zero-order valence-corrected chi connectivity index (χ0v) is 15.6. The Morgan fingerprint density at radius 2 is 1.85 bits per heavy atom. The fourth-order valence-corrected chi connectivity index (χ4v) is 3.60. The first kappa shape index (κ1) is 17.2. The first-order chi connectivity index (χ1) is 13.0. The number of nitrogens with zero attached hydrogens (tertiary/aromatic N) is 1. The van der Waals surface area contributed by atoms with E-state index < -0.39 is 0 Å². The number of allylic oxidation sites excluding steroid dienone is 1. The van der Waals surface area contributed by atoms with Crippen molar-refractivity contribution in [2.24, 2.45) is 0 Å². The third kappa shape index (κ3) is 3.68. The van der Waals surface area contributed by atoms with E-state index in [1.807, 2.05) is 42.6 Å². The molecule has 0 fully saturated rings. The second-order valence-electron chi connectivity index (χ2n) is 7.59. The molecule has 0 aliphatic carbocycles. The molecule has 0 bridgehead atoms. The molecule has 27 heavy (non-hydrogen) atoms. The Hall–Kier alpha value is -3.20. The minimum Gasteiger partial charge on any atom is -0.379 e. The zero-order chi connectivity index (χ0) is 18.9. The number of ketones is 1. The lowest BCUT2D eigenvalue weighted by molar-refractivity contribution is 0.104. The van der Waals surface area contributed by atoms with Gasteiger partial charge < -0.3 is 5.32 Å². The van der Waals surface area contributed by atoms with Gasteiger partial charge in [-0.05, 0) is 43.0 Å². The molecule has 0 unspecified atom stereocenters. The van der Waals surface area contributed by atoms with Crippen LogP contribution < -0.4 is 5.32 Å². The van der Waals surface area contributed by atoms with E-state index in [4.69, 9.17) is 0 Å². The van der Waals surface area contributed by atoms with Crippen LogP contribution in [-0.4, -0.2) is 16.3 Å². The first-order valence-electron chi connectivity index (χ1n) is 9.15. The van der Waals surface area contributed by atoms with E-state index in [0.29, 0.717) is 5.56 Å². The largest absolute Gasteiger partial charge is 0.379 e. The van der Waals surface area contributed by atoms with Gasteiger partial charge in [0, 0.05) is 40.8 Å². The van der Waals surface area contributed by atoms with Crippen molar-refractivity contribution in [1.29, 1.82) is 0 Å². The van der Waals surface area contributed by atoms with E-state index in [-0.39, 0.29) is 11.3 Å². The molecule has 4 rings (SSSR count). The number of rotatable bonds is 3. The Morgan fingerprint density at radius 3 is 2.59 bits per heavy atom. The van der Waals surface area contributed by atoms with Crippen molar-refractivity contribution < 1.29 is 4.79 Å². The van der Waals surface area contributed by atoms with Gasteiger partial charge in [0.1, 0.15) is 0 Å². The van der Waals surface area contributed by atoms with Gasteiger partial charge in [-0.15, -0.1) is 0 Å². The highest BCUT2D eigenvalue weighted by Crippen LogP contribution is 2.33. The van der Waals surface area contributed by atoms with Crippen LogP contribution in [0.3, 0.4) is 0 Å². The lowest BCUT2D eigenvalue weighted by Crippen LogP contribution is -2.43. The Bertz CT molecular complexity index is 1010. The number of aromatic nitrogens is 1. The lowest BCUT2D eigenvalue weighted by Gasteiger charge is -2.36. The van der Waals surface area contributed by atoms with Gasteiger partial charge in [0.05, 0.1) is 0 Å². The quantitative estimate of drug-likeness (QED) is 0.537. The van der Waals surface area contributed by atoms with E-state index in [9.17, 15) is 4.79 Å². The van der Waals surface area contributed by atoms with E-state index in [0.717, 1.165) is 28.8 Å². The van der Waals surface area contributed by atoms with Gasteiger partial charge in [0.25, 0.3) is 0 Å². The predicted molar refractivity (Wildman–Crippen MR) is 109 cm³/mol. The summed E-state index contributed by atoms with van der Waals surface area (Å²) in [6.07, 6.45) is 6.28. The van der Waals surface area contributed by atoms with Crippen LogP contribution in [0.15, 0.2) is 79.1 Å². The van der Waals surface area contributed by atoms with Crippen LogP contribution in [0.4, 0.5) is 0 Å². The number of hydrogen-bond donors (Lipinski definition) is 1. The van der Waals surface area contributed by atoms with Gasteiger partial charge in [0.2, 0.25) is 0 Å². The Labute approximate surface area is 159 Å². The maximum absolute atomic E-state index is 12.7. The molecule has 0 spiro atoms. The highest BCUT2D eigenvalue weighted by Gasteiger charge is 2.28. The minimum atomic E-state index is -0.122. The van der Waals surface area contributed by atoms with E-state index in [1.165, 1.54) is 5.56 Å². The molecule has 2 heterocycles. The molecule has 0 radical (unpaired) electrons. The highest BCUT2D eigenvalue weighted by molar-refractivity contribution is 6.08. The topological polar surface area (TPSA) is 42.0 Å². The van der Waals surface area contributed by atoms with E-state index >= 15 is 0 Å². The zero-order valence-electron chi connectivity index (χ0n) is 15.6. The lowest BCUT2D eigenvalue weighted by atomic mass is 9.84. The normalized spacial score (nSPS) is 16.4. The molecular formula is C24H22N2O. The summed E-state index contributed by atoms with van der Waals surface area (Å²) >= 11 is 0. The summed E-state index contributed by atoms with van der Waals surface area (Å²) in [6, 6.07) is 19.8. The smallest absolute Gasteiger partial charge is 0.187 e. The molecule has 1 aromatic heterocycles. The number of benzene rings is 2. The maximum atomic E-state index is 12.7. The van der Waals surface area contributed by atoms with Gasteiger partial charge in [-0.2, -0.15) is 0 Å². The average Bonchev–Trinajstić information content (AvgIpc) is 2.68. The minimum absolute atomic E-state index is 0.0121. The van der Waals surface area contributed by atoms with Crippen LogP contribution in [0.25, 0.3) is 16.8 Å². The molecule has 134 valence electrons. The molecule has 1 aliphatic rings. The summed E-state index contributed by atoms with van der Waals surface area (Å²) in [4.78, 5) is 16.9. The third-order valence-corrected chi connectivity index (χ3v) is 4.83. The molecule has 0 atom stereocenters. The van der Waals surface area contributed by atoms with Gasteiger partial charge >= 0.3 is 0 Å². The fourth-order valence-electron chi connectivity index (χ4n) is 3.60. The molecule has 1 aliphatic heterocycles. The van der Waals surface area contributed by atoms with Gasteiger partial charge in [-0.25, -0.2) is 0 Å². The predicted octanol–water partition coefficient (Wildman–Crippen LogP) is 4.90. The van der Waals surface area contributed by atoms with Crippen molar-refractivity contribution in [3.05, 3.63) is 95.8 Å². The van der Waals surface area contributed by atoms with Gasteiger partial charge in [-0.1, -0.05) is 54.6 Å². The standard InChI is InChI=1S/C24H22N2O/c1-24(2)15-20-13-18(19-9-6-12-25-16-19)10-11-21(20)22(26-24)14-23(27)17-7-4-3-5-8-17/h3-14,16,26H,15H2,1-2H3. The Kier molecular flexibility index (Phi) is 4.36. The van der Waals surface area contributed by atoms with E-state index in [2.05, 4.69) is 48.4 Å². The second kappa shape index (κ2) is 6.84. The summed E-state index contributed by atoms with van der Waals surface area (Å²) in [5.74, 6) is 0.0121. The van der Waals surface area contributed by atoms with Crippen LogP contribution in [-0.2, 0) is 6.42 Å². The summed E-state index contributed by atoms with van der Waals surface area (Å²) < 4.78 is 0. The molecule has 2 aromatic carbocycles. The van der Waals surface area contributed by atoms with Crippen molar-refractivity contribution in [3.63, 3.8) is 0 Å². The first-order valence-corrected chi connectivity index (χ1v) is 9.15. The van der Waals surface area contributed by atoms with Crippen LogP contribution in [0, 0.1) is 0 Å². The average molecular weight is 354 g/mol. The maximum Gasteiger partial charge on any atom is 0.187 e. The molecule has 1 N–H and O–H groups in total. The molecular weight excluding hydrogens is 332 g/mol. The number of pyridine rings is 1. The summed E-state index contributed by atoms with van der Waals surface area (Å²) in [5, 5.41) is 3.54. The van der Waals surface area contributed by atoms with E-state index in [1.54, 1.807) is 12.3 Å². The summed E-state index contributed by atoms with van der Waals surface area (Å²) in [7, 11) is 0. The monoisotopic (exact) mass is 354 g/mol. The summed E-state index contributed by atoms with van der Waals surface area (Å²) in [5.41, 5.74) is 6.04. The van der Waals surface area contributed by atoms with Gasteiger partial charge in [-0.3, -0.25) is 9.78 Å². The molecule has 0 saturated carbocycles. The van der Waals surface area contributed by atoms with Crippen LogP contribution in [0.5, 0.6) is 0 Å². The number of nitrogens with one attached hydrogen (secondary N) is 1. The van der Waals surface area contributed by atoms with Crippen LogP contribution in [0.1, 0.15) is 35.3 Å². The molecule has 3 nitrogen and oxygen atoms in total. The molecule has 3 aromatic rings. The fraction of sp³-hybridized carbons (Fsp3) is 0.167. The summed E-state index contributed by atoms with van der Waals surface area (Å²) in [6.45, 7) is 4.32. The molecule has 0 saturated heterocycles. The van der Waals surface area contributed by atoms with Crippen molar-refractivity contribution in [1.82, 2.24) is 10.3 Å². The number of carbonyl (C=O) groups excluding carboxylic acids is 1. The van der Waals surface area contributed by atoms with Crippen molar-refractivity contribution in [2.45, 2.75) is 25.8 Å². The third-order valence-electron chi connectivity index (χ3n) is 4.83. The second-order valence-corrected chi connectivity index (χ2v) is 7.59. The Morgan fingerprint density at radius 1 is 1.04 bits per heavy atom. The Balaban J connectivity index is 1.76. The van der Waals surface area contributed by atoms with Crippen molar-refractivity contribution in [3.8, 4) is 11.1 Å².